The largest absolute Gasteiger partial charge is 0.497 e. The van der Waals surface area contributed by atoms with Crippen LogP contribution in [0.1, 0.15) is 0 Å². The van der Waals surface area contributed by atoms with Crippen molar-refractivity contribution in [1.29, 1.82) is 0 Å². The number of carbonyl (C=O) groups excluding carboxylic acids is 1. The average molecular weight is 409 g/mol. The summed E-state index contributed by atoms with van der Waals surface area (Å²) in [4.78, 5) is 12.2. The number of thioether (sulfide) groups is 1. The predicted octanol–water partition coefficient (Wildman–Crippen LogP) is 4.31. The fraction of sp³-hybridized carbons (Fsp3) is 0.118. The molecule has 0 saturated heterocycles. The molecule has 1 heterocycles. The first-order chi connectivity index (χ1) is 12.6. The lowest BCUT2D eigenvalue weighted by Crippen LogP contribution is -2.14. The maximum atomic E-state index is 12.2. The van der Waals surface area contributed by atoms with Gasteiger partial charge >= 0.3 is 0 Å². The summed E-state index contributed by atoms with van der Waals surface area (Å²) in [6.07, 6.45) is 1.59. The quantitative estimate of drug-likeness (QED) is 0.615. The van der Waals surface area contributed by atoms with Crippen LogP contribution < -0.4 is 10.1 Å². The van der Waals surface area contributed by atoms with Crippen molar-refractivity contribution in [2.75, 3.05) is 18.2 Å². The molecule has 0 saturated carbocycles. The zero-order chi connectivity index (χ0) is 18.5. The Labute approximate surface area is 164 Å². The number of hydrogen-bond acceptors (Lipinski definition) is 5. The van der Waals surface area contributed by atoms with E-state index in [0.717, 1.165) is 11.4 Å². The van der Waals surface area contributed by atoms with Crippen LogP contribution >= 0.6 is 35.0 Å². The van der Waals surface area contributed by atoms with Gasteiger partial charge in [-0.05, 0) is 36.4 Å². The third-order valence-electron chi connectivity index (χ3n) is 3.43. The van der Waals surface area contributed by atoms with Gasteiger partial charge < -0.3 is 10.1 Å². The molecular weight excluding hydrogens is 395 g/mol. The Balaban J connectivity index is 1.66. The number of aromatic nitrogens is 3. The van der Waals surface area contributed by atoms with E-state index in [1.807, 2.05) is 24.3 Å². The van der Waals surface area contributed by atoms with Gasteiger partial charge in [-0.1, -0.05) is 41.0 Å². The molecule has 3 rings (SSSR count). The highest BCUT2D eigenvalue weighted by atomic mass is 35.5. The van der Waals surface area contributed by atoms with Crippen molar-refractivity contribution in [3.8, 4) is 11.4 Å². The number of carbonyl (C=O) groups is 1. The van der Waals surface area contributed by atoms with E-state index in [4.69, 9.17) is 27.9 Å². The molecule has 134 valence electrons. The number of ether oxygens (including phenoxy) is 1. The monoisotopic (exact) mass is 408 g/mol. The number of rotatable bonds is 6. The van der Waals surface area contributed by atoms with Crippen molar-refractivity contribution in [1.82, 2.24) is 14.8 Å². The highest BCUT2D eigenvalue weighted by Gasteiger charge is 2.12. The molecule has 0 spiro atoms. The second-order valence-corrected chi connectivity index (χ2v) is 6.85. The second-order valence-electron chi connectivity index (χ2n) is 5.12. The van der Waals surface area contributed by atoms with E-state index in [-0.39, 0.29) is 11.7 Å². The molecule has 0 fully saturated rings. The lowest BCUT2D eigenvalue weighted by molar-refractivity contribution is -0.113. The summed E-state index contributed by atoms with van der Waals surface area (Å²) in [6, 6.07) is 12.5. The summed E-state index contributed by atoms with van der Waals surface area (Å²) >= 11 is 13.3. The van der Waals surface area contributed by atoms with Gasteiger partial charge in [0.2, 0.25) is 5.91 Å². The number of halogens is 2. The molecule has 1 N–H and O–H groups in total. The van der Waals surface area contributed by atoms with E-state index >= 15 is 0 Å². The molecule has 0 radical (unpaired) electrons. The average Bonchev–Trinajstić information content (AvgIpc) is 3.12. The van der Waals surface area contributed by atoms with Crippen LogP contribution in [0.5, 0.6) is 5.75 Å². The molecule has 3 aromatic rings. The van der Waals surface area contributed by atoms with Crippen molar-refractivity contribution >= 4 is 46.6 Å². The summed E-state index contributed by atoms with van der Waals surface area (Å²) in [6.45, 7) is 0. The molecule has 2 aromatic carbocycles. The van der Waals surface area contributed by atoms with Gasteiger partial charge in [0, 0.05) is 5.69 Å². The van der Waals surface area contributed by atoms with Crippen LogP contribution in [0.4, 0.5) is 5.69 Å². The Morgan fingerprint density at radius 2 is 2.00 bits per heavy atom. The van der Waals surface area contributed by atoms with E-state index in [0.29, 0.717) is 20.9 Å². The fourth-order valence-corrected chi connectivity index (χ4v) is 3.24. The number of methoxy groups -OCH3 is 1. The topological polar surface area (TPSA) is 69.0 Å². The van der Waals surface area contributed by atoms with Gasteiger partial charge in [0.1, 0.15) is 12.1 Å². The number of nitrogens with zero attached hydrogens (tertiary/aromatic N) is 3. The van der Waals surface area contributed by atoms with Crippen molar-refractivity contribution < 1.29 is 9.53 Å². The third-order valence-corrected chi connectivity index (χ3v) is 5.19. The van der Waals surface area contributed by atoms with Gasteiger partial charge in [-0.25, -0.2) is 0 Å². The van der Waals surface area contributed by atoms with Gasteiger partial charge in [0.15, 0.2) is 5.16 Å². The van der Waals surface area contributed by atoms with Crippen LogP contribution in [0, 0.1) is 0 Å². The Kier molecular flexibility index (Phi) is 6.03. The van der Waals surface area contributed by atoms with E-state index < -0.39 is 0 Å². The zero-order valence-corrected chi connectivity index (χ0v) is 16.0. The second kappa shape index (κ2) is 8.44. The maximum absolute atomic E-state index is 12.2. The Morgan fingerprint density at radius 1 is 1.23 bits per heavy atom. The Hall–Kier alpha value is -2.22. The lowest BCUT2D eigenvalue weighted by Gasteiger charge is -2.09. The minimum atomic E-state index is -0.219. The molecule has 0 unspecified atom stereocenters. The molecule has 26 heavy (non-hydrogen) atoms. The summed E-state index contributed by atoms with van der Waals surface area (Å²) in [5, 5.41) is 12.0. The van der Waals surface area contributed by atoms with Crippen molar-refractivity contribution in [2.45, 2.75) is 5.16 Å². The van der Waals surface area contributed by atoms with Gasteiger partial charge in [0.05, 0.1) is 28.6 Å². The minimum Gasteiger partial charge on any atom is -0.497 e. The highest BCUT2D eigenvalue weighted by Crippen LogP contribution is 2.30. The van der Waals surface area contributed by atoms with E-state index in [1.54, 1.807) is 36.2 Å². The Bertz CT molecular complexity index is 915. The number of amides is 1. The molecule has 0 aliphatic heterocycles. The van der Waals surface area contributed by atoms with Crippen molar-refractivity contribution in [3.05, 3.63) is 58.8 Å². The predicted molar refractivity (Wildman–Crippen MR) is 104 cm³/mol. The molecule has 0 atom stereocenters. The molecule has 9 heteroatoms. The number of nitrogens with one attached hydrogen (secondary N) is 1. The van der Waals surface area contributed by atoms with Crippen molar-refractivity contribution in [2.24, 2.45) is 0 Å². The molecule has 1 amide bonds. The summed E-state index contributed by atoms with van der Waals surface area (Å²) in [5.41, 5.74) is 1.35. The minimum absolute atomic E-state index is 0.150. The van der Waals surface area contributed by atoms with Gasteiger partial charge in [-0.3, -0.25) is 9.36 Å². The number of benzene rings is 2. The van der Waals surface area contributed by atoms with Gasteiger partial charge in [-0.2, -0.15) is 0 Å². The molecular formula is C17H14Cl2N4O2S. The summed E-state index contributed by atoms with van der Waals surface area (Å²) in [5.74, 6) is 0.690. The Morgan fingerprint density at radius 3 is 2.73 bits per heavy atom. The van der Waals surface area contributed by atoms with Crippen LogP contribution in [-0.2, 0) is 4.79 Å². The third kappa shape index (κ3) is 4.30. The normalized spacial score (nSPS) is 10.6. The standard InChI is InChI=1S/C17H14Cl2N4O2S/c1-25-12-7-5-11(6-8-12)23-10-20-22-17(23)26-9-15(24)21-14-4-2-3-13(18)16(14)19/h2-8,10H,9H2,1H3,(H,21,24). The van der Waals surface area contributed by atoms with Crippen molar-refractivity contribution in [3.63, 3.8) is 0 Å². The fourth-order valence-electron chi connectivity index (χ4n) is 2.16. The van der Waals surface area contributed by atoms with Crippen LogP contribution in [0.2, 0.25) is 10.0 Å². The molecule has 0 aliphatic carbocycles. The van der Waals surface area contributed by atoms with Crippen LogP contribution in [0.25, 0.3) is 5.69 Å². The first-order valence-electron chi connectivity index (χ1n) is 7.49. The van der Waals surface area contributed by atoms with Gasteiger partial charge in [0.25, 0.3) is 0 Å². The van der Waals surface area contributed by atoms with Crippen LogP contribution in [0.15, 0.2) is 53.9 Å². The van der Waals surface area contributed by atoms with Gasteiger partial charge in [-0.15, -0.1) is 10.2 Å². The summed E-state index contributed by atoms with van der Waals surface area (Å²) in [7, 11) is 1.61. The molecule has 0 aliphatic rings. The smallest absolute Gasteiger partial charge is 0.234 e. The highest BCUT2D eigenvalue weighted by molar-refractivity contribution is 7.99. The number of anilines is 1. The maximum Gasteiger partial charge on any atom is 0.234 e. The molecule has 1 aromatic heterocycles. The molecule has 0 bridgehead atoms. The van der Waals surface area contributed by atoms with E-state index in [9.17, 15) is 4.79 Å². The summed E-state index contributed by atoms with van der Waals surface area (Å²) < 4.78 is 6.95. The SMILES string of the molecule is COc1ccc(-n2cnnc2SCC(=O)Nc2cccc(Cl)c2Cl)cc1. The number of hydrogen-bond donors (Lipinski definition) is 1. The lowest BCUT2D eigenvalue weighted by atomic mass is 10.3. The van der Waals surface area contributed by atoms with Crippen LogP contribution in [0.3, 0.4) is 0 Å². The van der Waals surface area contributed by atoms with E-state index in [1.165, 1.54) is 11.8 Å². The first kappa shape index (κ1) is 18.6. The first-order valence-corrected chi connectivity index (χ1v) is 9.23. The zero-order valence-electron chi connectivity index (χ0n) is 13.6. The molecule has 6 nitrogen and oxygen atoms in total. The van der Waals surface area contributed by atoms with Crippen LogP contribution in [-0.4, -0.2) is 33.5 Å². The van der Waals surface area contributed by atoms with E-state index in [2.05, 4.69) is 15.5 Å².